The molecule has 0 aliphatic rings. The van der Waals surface area contributed by atoms with Crippen molar-refractivity contribution in [2.75, 3.05) is 13.2 Å². The van der Waals surface area contributed by atoms with Gasteiger partial charge in [-0.05, 0) is 0 Å². The van der Waals surface area contributed by atoms with Crippen molar-refractivity contribution in [2.45, 2.75) is 38.2 Å². The third-order valence-electron chi connectivity index (χ3n) is 2.46. The highest BCUT2D eigenvalue weighted by atomic mass is 16.4. The monoisotopic (exact) mass is 280 g/mol. The Labute approximate surface area is 110 Å². The Bertz CT molecular complexity index is 312. The van der Waals surface area contributed by atoms with Crippen LogP contribution in [0.5, 0.6) is 0 Å². The normalized spacial score (nSPS) is 17.2. The van der Waals surface area contributed by atoms with Crippen molar-refractivity contribution < 1.29 is 35.1 Å². The molecule has 112 valence electrons. The zero-order chi connectivity index (χ0) is 15.2. The molecule has 9 nitrogen and oxygen atoms in total. The molecule has 0 aromatic carbocycles. The van der Waals surface area contributed by atoms with Gasteiger partial charge in [0.1, 0.15) is 24.4 Å². The molecule has 0 saturated heterocycles. The van der Waals surface area contributed by atoms with Crippen molar-refractivity contribution in [3.63, 3.8) is 0 Å². The molecule has 9 heteroatoms. The van der Waals surface area contributed by atoms with Crippen LogP contribution in [0.4, 0.5) is 0 Å². The summed E-state index contributed by atoms with van der Waals surface area (Å²) in [5.41, 5.74) is 2.09. The lowest BCUT2D eigenvalue weighted by Crippen LogP contribution is -2.60. The molecular weight excluding hydrogens is 260 g/mol. The molecule has 0 radical (unpaired) electrons. The number of hydrogen-bond donors (Lipinski definition) is 6. The van der Waals surface area contributed by atoms with Gasteiger partial charge in [-0.3, -0.25) is 15.0 Å². The Morgan fingerprint density at radius 3 is 1.89 bits per heavy atom. The highest BCUT2D eigenvalue weighted by Gasteiger charge is 2.36. The van der Waals surface area contributed by atoms with E-state index in [1.807, 2.05) is 0 Å². The second-order valence-electron chi connectivity index (χ2n) is 4.04. The maximum atomic E-state index is 11.3. The van der Waals surface area contributed by atoms with Crippen LogP contribution >= 0.6 is 0 Å². The van der Waals surface area contributed by atoms with Crippen molar-refractivity contribution in [3.05, 3.63) is 0 Å². The van der Waals surface area contributed by atoms with Crippen molar-refractivity contribution in [1.29, 1.82) is 0 Å². The van der Waals surface area contributed by atoms with Gasteiger partial charge in [-0.15, -0.1) is 0 Å². The van der Waals surface area contributed by atoms with Gasteiger partial charge in [-0.1, -0.05) is 0 Å². The summed E-state index contributed by atoms with van der Waals surface area (Å²) in [4.78, 5) is 22.3. The highest BCUT2D eigenvalue weighted by Crippen LogP contribution is 2.10. The van der Waals surface area contributed by atoms with Crippen molar-refractivity contribution in [1.82, 2.24) is 10.4 Å². The molecule has 6 N–H and O–H groups in total. The van der Waals surface area contributed by atoms with Crippen LogP contribution in [-0.2, 0) is 9.59 Å². The third kappa shape index (κ3) is 5.09. The Hall–Kier alpha value is -1.26. The first-order valence-electron chi connectivity index (χ1n) is 5.59. The molecule has 0 aromatic rings. The lowest BCUT2D eigenvalue weighted by Gasteiger charge is -2.35. The van der Waals surface area contributed by atoms with Gasteiger partial charge in [-0.2, -0.15) is 0 Å². The van der Waals surface area contributed by atoms with E-state index >= 15 is 0 Å². The fraction of sp³-hybridized carbons (Fsp3) is 0.800. The average molecular weight is 280 g/mol. The number of aliphatic hydroxyl groups excluding tert-OH is 5. The number of hydrogen-bond acceptors (Lipinski definition) is 7. The summed E-state index contributed by atoms with van der Waals surface area (Å²) >= 11 is 0. The van der Waals surface area contributed by atoms with E-state index in [-0.39, 0.29) is 0 Å². The number of nitrogens with one attached hydrogen (secondary N) is 1. The van der Waals surface area contributed by atoms with Crippen molar-refractivity contribution >= 4 is 11.8 Å². The van der Waals surface area contributed by atoms with Crippen LogP contribution in [-0.4, -0.2) is 79.9 Å². The topological polar surface area (TPSA) is 151 Å². The quantitative estimate of drug-likeness (QED) is 0.274. The minimum absolute atomic E-state index is 0.613. The predicted octanol–water partition coefficient (Wildman–Crippen LogP) is -3.68. The smallest absolute Gasteiger partial charge is 0.238 e. The van der Waals surface area contributed by atoms with E-state index in [0.29, 0.717) is 5.01 Å². The first-order chi connectivity index (χ1) is 8.76. The van der Waals surface area contributed by atoms with Gasteiger partial charge in [0.05, 0.1) is 13.2 Å². The van der Waals surface area contributed by atoms with E-state index in [4.69, 9.17) is 5.11 Å². The Kier molecular flexibility index (Phi) is 7.49. The average Bonchev–Trinajstić information content (AvgIpc) is 2.35. The Balaban J connectivity index is 5.03. The molecule has 4 unspecified atom stereocenters. The minimum Gasteiger partial charge on any atom is -0.394 e. The lowest BCUT2D eigenvalue weighted by atomic mass is 10.0. The molecule has 0 bridgehead atoms. The van der Waals surface area contributed by atoms with Crippen LogP contribution in [0.3, 0.4) is 0 Å². The summed E-state index contributed by atoms with van der Waals surface area (Å²) in [6, 6.07) is -1.36. The molecular formula is C10H20N2O7. The second kappa shape index (κ2) is 8.02. The van der Waals surface area contributed by atoms with E-state index in [1.54, 1.807) is 0 Å². The zero-order valence-corrected chi connectivity index (χ0v) is 10.7. The van der Waals surface area contributed by atoms with E-state index in [2.05, 4.69) is 5.43 Å². The molecule has 0 heterocycles. The first-order valence-corrected chi connectivity index (χ1v) is 5.59. The maximum Gasteiger partial charge on any atom is 0.238 e. The molecule has 2 amide bonds. The van der Waals surface area contributed by atoms with Gasteiger partial charge in [0.25, 0.3) is 0 Å². The molecule has 0 aromatic heterocycles. The van der Waals surface area contributed by atoms with Crippen LogP contribution in [0, 0.1) is 0 Å². The van der Waals surface area contributed by atoms with Crippen molar-refractivity contribution in [2.24, 2.45) is 0 Å². The molecule has 19 heavy (non-hydrogen) atoms. The lowest BCUT2D eigenvalue weighted by molar-refractivity contribution is -0.155. The Morgan fingerprint density at radius 2 is 1.58 bits per heavy atom. The number of hydrazine groups is 1. The van der Waals surface area contributed by atoms with E-state index < -0.39 is 49.4 Å². The minimum atomic E-state index is -1.79. The fourth-order valence-electron chi connectivity index (χ4n) is 1.47. The molecule has 0 spiro atoms. The summed E-state index contributed by atoms with van der Waals surface area (Å²) in [5, 5.41) is 47.0. The van der Waals surface area contributed by atoms with Crippen molar-refractivity contribution in [3.8, 4) is 0 Å². The summed E-state index contributed by atoms with van der Waals surface area (Å²) in [6.45, 7) is 0.628. The number of nitrogens with zero attached hydrogens (tertiary/aromatic N) is 1. The zero-order valence-electron chi connectivity index (χ0n) is 10.7. The van der Waals surface area contributed by atoms with Crippen LogP contribution in [0.2, 0.25) is 0 Å². The van der Waals surface area contributed by atoms with Crippen LogP contribution in [0.15, 0.2) is 0 Å². The van der Waals surface area contributed by atoms with E-state index in [0.717, 1.165) is 13.8 Å². The highest BCUT2D eigenvalue weighted by molar-refractivity contribution is 5.79. The Morgan fingerprint density at radius 1 is 1.05 bits per heavy atom. The second-order valence-corrected chi connectivity index (χ2v) is 4.04. The standard InChI is InChI=1S/C10H20N2O7/c1-5(15)11-12(6(2)16)7(3-13)9(18)10(19)8(17)4-14/h7-10,13-14,17-19H,3-4H2,1-2H3,(H,11,15). The number of carbonyl (C=O) groups excluding carboxylic acids is 2. The maximum absolute atomic E-state index is 11.3. The third-order valence-corrected chi connectivity index (χ3v) is 2.46. The summed E-state index contributed by atoms with van der Waals surface area (Å²) in [5.74, 6) is -1.29. The molecule has 0 aliphatic heterocycles. The summed E-state index contributed by atoms with van der Waals surface area (Å²) in [7, 11) is 0. The van der Waals surface area contributed by atoms with E-state index in [1.165, 1.54) is 0 Å². The summed E-state index contributed by atoms with van der Waals surface area (Å²) in [6.07, 6.45) is -5.20. The molecule has 0 saturated carbocycles. The predicted molar refractivity (Wildman–Crippen MR) is 62.3 cm³/mol. The largest absolute Gasteiger partial charge is 0.394 e. The molecule has 4 atom stereocenters. The van der Waals surface area contributed by atoms with E-state index in [9.17, 15) is 30.0 Å². The first kappa shape index (κ1) is 17.7. The number of rotatable bonds is 6. The number of aliphatic hydroxyl groups is 5. The molecule has 0 fully saturated rings. The van der Waals surface area contributed by atoms with Gasteiger partial charge in [0, 0.05) is 13.8 Å². The SMILES string of the molecule is CC(=O)NN(C(C)=O)C(CO)C(O)C(O)C(O)CO. The van der Waals surface area contributed by atoms with Gasteiger partial charge in [-0.25, -0.2) is 5.01 Å². The fourth-order valence-corrected chi connectivity index (χ4v) is 1.47. The van der Waals surface area contributed by atoms with Gasteiger partial charge in [0.15, 0.2) is 0 Å². The number of amides is 2. The van der Waals surface area contributed by atoms with Crippen LogP contribution < -0.4 is 5.43 Å². The van der Waals surface area contributed by atoms with Crippen LogP contribution in [0.25, 0.3) is 0 Å². The van der Waals surface area contributed by atoms with Gasteiger partial charge < -0.3 is 25.5 Å². The van der Waals surface area contributed by atoms with Gasteiger partial charge in [0.2, 0.25) is 11.8 Å². The number of carbonyl (C=O) groups is 2. The van der Waals surface area contributed by atoms with Crippen LogP contribution in [0.1, 0.15) is 13.8 Å². The van der Waals surface area contributed by atoms with Gasteiger partial charge >= 0.3 is 0 Å². The molecule has 0 rings (SSSR count). The molecule has 0 aliphatic carbocycles. The summed E-state index contributed by atoms with van der Waals surface area (Å²) < 4.78 is 0.